The summed E-state index contributed by atoms with van der Waals surface area (Å²) >= 11 is 5.91. The number of furan rings is 1. The van der Waals surface area contributed by atoms with E-state index in [0.29, 0.717) is 10.8 Å². The van der Waals surface area contributed by atoms with Gasteiger partial charge >= 0.3 is 0 Å². The van der Waals surface area contributed by atoms with Crippen LogP contribution in [-0.4, -0.2) is 5.91 Å². The summed E-state index contributed by atoms with van der Waals surface area (Å²) in [7, 11) is 0. The lowest BCUT2D eigenvalue weighted by Crippen LogP contribution is -2.11. The van der Waals surface area contributed by atoms with E-state index in [0.717, 1.165) is 27.8 Å². The smallest absolute Gasteiger partial charge is 0.291 e. The lowest BCUT2D eigenvalue weighted by Gasteiger charge is -2.06. The fourth-order valence-corrected chi connectivity index (χ4v) is 2.50. The van der Waals surface area contributed by atoms with E-state index in [4.69, 9.17) is 16.0 Å². The third kappa shape index (κ3) is 2.65. The molecule has 0 bridgehead atoms. The van der Waals surface area contributed by atoms with Gasteiger partial charge in [0, 0.05) is 16.1 Å². The first-order valence-corrected chi connectivity index (χ1v) is 6.99. The molecule has 3 aromatic rings. The summed E-state index contributed by atoms with van der Waals surface area (Å²) in [5, 5.41) is 4.41. The topological polar surface area (TPSA) is 42.2 Å². The van der Waals surface area contributed by atoms with E-state index in [9.17, 15) is 4.79 Å². The van der Waals surface area contributed by atoms with Crippen molar-refractivity contribution < 1.29 is 9.21 Å². The van der Waals surface area contributed by atoms with E-state index < -0.39 is 0 Å². The van der Waals surface area contributed by atoms with E-state index in [2.05, 4.69) is 5.32 Å². The molecule has 0 saturated heterocycles. The number of hydrogen-bond donors (Lipinski definition) is 1. The molecule has 3 rings (SSSR count). The number of amides is 1. The fraction of sp³-hybridized carbons (Fsp3) is 0.118. The fourth-order valence-electron chi connectivity index (χ4n) is 2.27. The van der Waals surface area contributed by atoms with Gasteiger partial charge in [-0.3, -0.25) is 4.79 Å². The summed E-state index contributed by atoms with van der Waals surface area (Å²) < 4.78 is 5.66. The maximum atomic E-state index is 12.3. The maximum absolute atomic E-state index is 12.3. The zero-order chi connectivity index (χ0) is 15.0. The molecule has 0 unspecified atom stereocenters. The highest BCUT2D eigenvalue weighted by molar-refractivity contribution is 6.30. The second kappa shape index (κ2) is 5.26. The molecular weight excluding hydrogens is 286 g/mol. The Morgan fingerprint density at radius 3 is 2.62 bits per heavy atom. The molecule has 0 radical (unpaired) electrons. The highest BCUT2D eigenvalue weighted by Gasteiger charge is 2.14. The normalized spacial score (nSPS) is 10.8. The maximum Gasteiger partial charge on any atom is 0.291 e. The van der Waals surface area contributed by atoms with Gasteiger partial charge in [0.15, 0.2) is 5.76 Å². The van der Waals surface area contributed by atoms with Gasteiger partial charge in [0.25, 0.3) is 5.91 Å². The number of halogens is 1. The molecular formula is C17H14ClNO2. The molecule has 4 heteroatoms. The number of benzene rings is 2. The minimum atomic E-state index is -0.268. The van der Waals surface area contributed by atoms with E-state index in [1.807, 2.05) is 32.0 Å². The van der Waals surface area contributed by atoms with Crippen LogP contribution in [-0.2, 0) is 0 Å². The Morgan fingerprint density at radius 2 is 1.90 bits per heavy atom. The Hall–Kier alpha value is -2.26. The average molecular weight is 300 g/mol. The number of hydrogen-bond acceptors (Lipinski definition) is 2. The largest absolute Gasteiger partial charge is 0.451 e. The predicted octanol–water partition coefficient (Wildman–Crippen LogP) is 4.96. The molecule has 1 aromatic heterocycles. The van der Waals surface area contributed by atoms with Gasteiger partial charge < -0.3 is 9.73 Å². The van der Waals surface area contributed by atoms with Gasteiger partial charge in [-0.15, -0.1) is 0 Å². The van der Waals surface area contributed by atoms with Gasteiger partial charge in [0.05, 0.1) is 0 Å². The average Bonchev–Trinajstić information content (AvgIpc) is 2.87. The Balaban J connectivity index is 1.92. The molecule has 0 aliphatic rings. The Morgan fingerprint density at radius 1 is 1.10 bits per heavy atom. The van der Waals surface area contributed by atoms with Crippen LogP contribution >= 0.6 is 11.6 Å². The minimum absolute atomic E-state index is 0.268. The Kier molecular flexibility index (Phi) is 3.43. The van der Waals surface area contributed by atoms with E-state index in [1.54, 1.807) is 24.3 Å². The van der Waals surface area contributed by atoms with Crippen molar-refractivity contribution in [2.75, 3.05) is 5.32 Å². The summed E-state index contributed by atoms with van der Waals surface area (Å²) in [5.74, 6) is 0.0321. The molecule has 1 heterocycles. The van der Waals surface area contributed by atoms with Gasteiger partial charge in [-0.1, -0.05) is 29.8 Å². The lowest BCUT2D eigenvalue weighted by atomic mass is 10.2. The molecule has 21 heavy (non-hydrogen) atoms. The zero-order valence-electron chi connectivity index (χ0n) is 11.7. The van der Waals surface area contributed by atoms with Crippen molar-refractivity contribution in [2.24, 2.45) is 0 Å². The molecule has 3 nitrogen and oxygen atoms in total. The van der Waals surface area contributed by atoms with Crippen LogP contribution in [0, 0.1) is 13.8 Å². The molecule has 0 aliphatic heterocycles. The molecule has 0 fully saturated rings. The van der Waals surface area contributed by atoms with Crippen molar-refractivity contribution in [3.05, 3.63) is 64.4 Å². The molecule has 106 valence electrons. The van der Waals surface area contributed by atoms with E-state index in [1.165, 1.54) is 0 Å². The van der Waals surface area contributed by atoms with Crippen LogP contribution in [0.4, 0.5) is 5.69 Å². The van der Waals surface area contributed by atoms with Gasteiger partial charge in [-0.05, 0) is 49.2 Å². The first-order chi connectivity index (χ1) is 10.0. The number of fused-ring (bicyclic) bond motifs is 1. The van der Waals surface area contributed by atoms with Crippen molar-refractivity contribution in [3.8, 4) is 0 Å². The highest BCUT2D eigenvalue weighted by atomic mass is 35.5. The highest BCUT2D eigenvalue weighted by Crippen LogP contribution is 2.24. The third-order valence-corrected chi connectivity index (χ3v) is 3.64. The molecule has 2 aromatic carbocycles. The first kappa shape index (κ1) is 13.7. The van der Waals surface area contributed by atoms with Crippen molar-refractivity contribution in [3.63, 3.8) is 0 Å². The standard InChI is InChI=1S/C17H14ClNO2/c1-10-4-3-5-12-9-15(21-16(10)12)17(20)19-14-7-6-13(18)8-11(14)2/h3-9H,1-2H3,(H,19,20). The predicted molar refractivity (Wildman–Crippen MR) is 85.1 cm³/mol. The quantitative estimate of drug-likeness (QED) is 0.727. The second-order valence-electron chi connectivity index (χ2n) is 5.02. The van der Waals surface area contributed by atoms with Crippen LogP contribution < -0.4 is 5.32 Å². The number of para-hydroxylation sites is 1. The SMILES string of the molecule is Cc1cc(Cl)ccc1NC(=O)c1cc2cccc(C)c2o1. The number of nitrogens with one attached hydrogen (secondary N) is 1. The molecule has 0 saturated carbocycles. The zero-order valence-corrected chi connectivity index (χ0v) is 12.5. The number of aryl methyl sites for hydroxylation is 2. The lowest BCUT2D eigenvalue weighted by molar-refractivity contribution is 0.0998. The van der Waals surface area contributed by atoms with Crippen LogP contribution in [0.1, 0.15) is 21.7 Å². The summed E-state index contributed by atoms with van der Waals surface area (Å²) in [6, 6.07) is 12.9. The number of carbonyl (C=O) groups is 1. The Labute approximate surface area is 127 Å². The molecule has 0 aliphatic carbocycles. The number of anilines is 1. The third-order valence-electron chi connectivity index (χ3n) is 3.40. The van der Waals surface area contributed by atoms with Gasteiger partial charge in [0.2, 0.25) is 0 Å². The van der Waals surface area contributed by atoms with Crippen LogP contribution in [0.15, 0.2) is 46.9 Å². The van der Waals surface area contributed by atoms with E-state index in [-0.39, 0.29) is 5.91 Å². The first-order valence-electron chi connectivity index (χ1n) is 6.61. The van der Waals surface area contributed by atoms with Crippen LogP contribution in [0.3, 0.4) is 0 Å². The summed E-state index contributed by atoms with van der Waals surface area (Å²) in [5.41, 5.74) is 3.38. The second-order valence-corrected chi connectivity index (χ2v) is 5.45. The van der Waals surface area contributed by atoms with Crippen molar-refractivity contribution in [1.29, 1.82) is 0 Å². The van der Waals surface area contributed by atoms with Gasteiger partial charge in [-0.25, -0.2) is 0 Å². The van der Waals surface area contributed by atoms with E-state index >= 15 is 0 Å². The summed E-state index contributed by atoms with van der Waals surface area (Å²) in [4.78, 5) is 12.3. The van der Waals surface area contributed by atoms with Crippen LogP contribution in [0.25, 0.3) is 11.0 Å². The molecule has 1 amide bonds. The molecule has 0 spiro atoms. The van der Waals surface area contributed by atoms with Gasteiger partial charge in [0.1, 0.15) is 5.58 Å². The molecule has 0 atom stereocenters. The number of rotatable bonds is 2. The van der Waals surface area contributed by atoms with Crippen LogP contribution in [0.5, 0.6) is 0 Å². The monoisotopic (exact) mass is 299 g/mol. The Bertz CT molecular complexity index is 836. The number of carbonyl (C=O) groups excluding carboxylic acids is 1. The summed E-state index contributed by atoms with van der Waals surface area (Å²) in [6.07, 6.45) is 0. The van der Waals surface area contributed by atoms with Crippen LogP contribution in [0.2, 0.25) is 5.02 Å². The van der Waals surface area contributed by atoms with Crippen molar-refractivity contribution in [1.82, 2.24) is 0 Å². The molecule has 1 N–H and O–H groups in total. The van der Waals surface area contributed by atoms with Crippen molar-refractivity contribution >= 4 is 34.2 Å². The van der Waals surface area contributed by atoms with Gasteiger partial charge in [-0.2, -0.15) is 0 Å². The summed E-state index contributed by atoms with van der Waals surface area (Å²) in [6.45, 7) is 3.85. The van der Waals surface area contributed by atoms with Crippen molar-refractivity contribution in [2.45, 2.75) is 13.8 Å². The minimum Gasteiger partial charge on any atom is -0.451 e.